The summed E-state index contributed by atoms with van der Waals surface area (Å²) in [6.07, 6.45) is 3.11. The van der Waals surface area contributed by atoms with Crippen molar-refractivity contribution in [2.45, 2.75) is 6.92 Å². The summed E-state index contributed by atoms with van der Waals surface area (Å²) in [4.78, 5) is 8.22. The first-order valence-corrected chi connectivity index (χ1v) is 4.46. The van der Waals surface area contributed by atoms with Gasteiger partial charge in [0.05, 0.1) is 0 Å². The van der Waals surface area contributed by atoms with Crippen LogP contribution in [0.2, 0.25) is 0 Å². The lowest BCUT2D eigenvalue weighted by molar-refractivity contribution is 0.845. The van der Waals surface area contributed by atoms with Gasteiger partial charge in [-0.3, -0.25) is 0 Å². The van der Waals surface area contributed by atoms with Gasteiger partial charge in [-0.1, -0.05) is 6.07 Å². The monoisotopic (exact) mass is 189 g/mol. The van der Waals surface area contributed by atoms with Crippen molar-refractivity contribution >= 4 is 5.82 Å². The van der Waals surface area contributed by atoms with Crippen molar-refractivity contribution in [1.29, 1.82) is 0 Å². The zero-order chi connectivity index (χ0) is 9.80. The van der Waals surface area contributed by atoms with E-state index in [1.165, 1.54) is 6.33 Å². The molecule has 0 saturated carbocycles. The molecule has 0 saturated heterocycles. The molecule has 0 spiro atoms. The molecule has 1 N–H and O–H groups in total. The number of anilines is 1. The van der Waals surface area contributed by atoms with Crippen molar-refractivity contribution in [3.63, 3.8) is 0 Å². The first-order valence-electron chi connectivity index (χ1n) is 4.46. The second-order valence-corrected chi connectivity index (χ2v) is 2.75. The van der Waals surface area contributed by atoms with Gasteiger partial charge in [-0.25, -0.2) is 14.6 Å². The second-order valence-electron chi connectivity index (χ2n) is 2.75. The summed E-state index contributed by atoms with van der Waals surface area (Å²) in [6.45, 7) is 2.89. The minimum atomic E-state index is 0.765. The van der Waals surface area contributed by atoms with E-state index in [0.29, 0.717) is 0 Å². The molecule has 5 heteroatoms. The normalized spacial score (nSPS) is 10.1. The fourth-order valence-electron chi connectivity index (χ4n) is 1.16. The first kappa shape index (κ1) is 8.68. The van der Waals surface area contributed by atoms with E-state index in [-0.39, 0.29) is 0 Å². The number of aromatic nitrogens is 4. The van der Waals surface area contributed by atoms with Crippen LogP contribution in [0.5, 0.6) is 0 Å². The van der Waals surface area contributed by atoms with Crippen molar-refractivity contribution in [1.82, 2.24) is 19.7 Å². The molecule has 0 aliphatic rings. The van der Waals surface area contributed by atoms with Crippen LogP contribution < -0.4 is 5.32 Å². The second kappa shape index (κ2) is 3.87. The molecular formula is C9H11N5. The molecule has 2 aromatic rings. The highest BCUT2D eigenvalue weighted by Gasteiger charge is 1.98. The van der Waals surface area contributed by atoms with E-state index in [1.54, 1.807) is 11.0 Å². The topological polar surface area (TPSA) is 55.6 Å². The molecule has 2 rings (SSSR count). The third kappa shape index (κ3) is 1.71. The third-order valence-corrected chi connectivity index (χ3v) is 1.75. The Morgan fingerprint density at radius 2 is 2.36 bits per heavy atom. The highest BCUT2D eigenvalue weighted by molar-refractivity contribution is 5.38. The van der Waals surface area contributed by atoms with Gasteiger partial charge >= 0.3 is 0 Å². The summed E-state index contributed by atoms with van der Waals surface area (Å²) < 4.78 is 1.63. The number of hydrogen-bond donors (Lipinski definition) is 1. The maximum Gasteiger partial charge on any atom is 0.157 e. The maximum absolute atomic E-state index is 4.35. The number of pyridine rings is 1. The van der Waals surface area contributed by atoms with Gasteiger partial charge in [0.15, 0.2) is 5.82 Å². The molecule has 0 radical (unpaired) electrons. The average molecular weight is 189 g/mol. The van der Waals surface area contributed by atoms with Gasteiger partial charge in [-0.15, -0.1) is 0 Å². The lowest BCUT2D eigenvalue weighted by atomic mass is 10.4. The van der Waals surface area contributed by atoms with Gasteiger partial charge in [0.1, 0.15) is 18.5 Å². The Morgan fingerprint density at radius 1 is 1.43 bits per heavy atom. The molecule has 0 aliphatic carbocycles. The predicted octanol–water partition coefficient (Wildman–Crippen LogP) is 1.09. The SMILES string of the molecule is CCNc1cccc(-n2cncn2)n1. The fourth-order valence-corrected chi connectivity index (χ4v) is 1.16. The van der Waals surface area contributed by atoms with E-state index in [4.69, 9.17) is 0 Å². The zero-order valence-electron chi connectivity index (χ0n) is 7.88. The van der Waals surface area contributed by atoms with Crippen molar-refractivity contribution in [2.24, 2.45) is 0 Å². The molecule has 0 fully saturated rings. The van der Waals surface area contributed by atoms with Gasteiger partial charge in [0, 0.05) is 6.54 Å². The van der Waals surface area contributed by atoms with Crippen LogP contribution in [0.1, 0.15) is 6.92 Å². The third-order valence-electron chi connectivity index (χ3n) is 1.75. The zero-order valence-corrected chi connectivity index (χ0v) is 7.88. The van der Waals surface area contributed by atoms with E-state index in [0.717, 1.165) is 18.2 Å². The highest BCUT2D eigenvalue weighted by atomic mass is 15.3. The Balaban J connectivity index is 2.31. The summed E-state index contributed by atoms with van der Waals surface area (Å²) in [5.74, 6) is 1.61. The smallest absolute Gasteiger partial charge is 0.157 e. The van der Waals surface area contributed by atoms with Crippen molar-refractivity contribution in [3.8, 4) is 5.82 Å². The van der Waals surface area contributed by atoms with E-state index >= 15 is 0 Å². The van der Waals surface area contributed by atoms with Crippen LogP contribution in [0.4, 0.5) is 5.82 Å². The highest BCUT2D eigenvalue weighted by Crippen LogP contribution is 2.06. The van der Waals surface area contributed by atoms with Crippen LogP contribution >= 0.6 is 0 Å². The molecule has 0 aromatic carbocycles. The molecule has 0 unspecified atom stereocenters. The van der Waals surface area contributed by atoms with E-state index in [9.17, 15) is 0 Å². The quantitative estimate of drug-likeness (QED) is 0.785. The summed E-state index contributed by atoms with van der Waals surface area (Å²) in [5.41, 5.74) is 0. The molecule has 72 valence electrons. The Labute approximate surface area is 81.8 Å². The minimum absolute atomic E-state index is 0.765. The van der Waals surface area contributed by atoms with Gasteiger partial charge in [0.2, 0.25) is 0 Å². The Hall–Kier alpha value is -1.91. The summed E-state index contributed by atoms with van der Waals surface area (Å²) in [7, 11) is 0. The average Bonchev–Trinajstić information content (AvgIpc) is 2.71. The van der Waals surface area contributed by atoms with Gasteiger partial charge in [0.25, 0.3) is 0 Å². The first-order chi connectivity index (χ1) is 6.90. The lowest BCUT2D eigenvalue weighted by Crippen LogP contribution is -2.03. The molecule has 0 atom stereocenters. The molecule has 2 heterocycles. The van der Waals surface area contributed by atoms with Crippen LogP contribution in [-0.4, -0.2) is 26.3 Å². The lowest BCUT2D eigenvalue weighted by Gasteiger charge is -2.04. The van der Waals surface area contributed by atoms with Crippen molar-refractivity contribution < 1.29 is 0 Å². The number of hydrogen-bond acceptors (Lipinski definition) is 4. The maximum atomic E-state index is 4.35. The van der Waals surface area contributed by atoms with Crippen LogP contribution in [0.3, 0.4) is 0 Å². The Bertz CT molecular complexity index is 395. The van der Waals surface area contributed by atoms with E-state index < -0.39 is 0 Å². The summed E-state index contributed by atoms with van der Waals surface area (Å²) >= 11 is 0. The number of nitrogens with one attached hydrogen (secondary N) is 1. The van der Waals surface area contributed by atoms with Crippen LogP contribution in [0.25, 0.3) is 5.82 Å². The molecular weight excluding hydrogens is 178 g/mol. The van der Waals surface area contributed by atoms with Gasteiger partial charge in [-0.05, 0) is 19.1 Å². The van der Waals surface area contributed by atoms with Crippen LogP contribution in [0.15, 0.2) is 30.9 Å². The fraction of sp³-hybridized carbons (Fsp3) is 0.222. The molecule has 0 amide bonds. The van der Waals surface area contributed by atoms with E-state index in [1.807, 2.05) is 25.1 Å². The molecule has 2 aromatic heterocycles. The van der Waals surface area contributed by atoms with Crippen molar-refractivity contribution in [3.05, 3.63) is 30.9 Å². The van der Waals surface area contributed by atoms with E-state index in [2.05, 4.69) is 20.4 Å². The molecule has 5 nitrogen and oxygen atoms in total. The van der Waals surface area contributed by atoms with Gasteiger partial charge < -0.3 is 5.32 Å². The molecule has 14 heavy (non-hydrogen) atoms. The standard InChI is InChI=1S/C9H11N5/c1-2-11-8-4-3-5-9(13-8)14-7-10-6-12-14/h3-7H,2H2,1H3,(H,11,13). The molecule has 0 aliphatic heterocycles. The Morgan fingerprint density at radius 3 is 3.07 bits per heavy atom. The summed E-state index contributed by atoms with van der Waals surface area (Å²) in [6, 6.07) is 5.74. The predicted molar refractivity (Wildman–Crippen MR) is 53.3 cm³/mol. The number of rotatable bonds is 3. The molecule has 0 bridgehead atoms. The summed E-state index contributed by atoms with van der Waals surface area (Å²) in [5, 5.41) is 7.14. The Kier molecular flexibility index (Phi) is 2.40. The van der Waals surface area contributed by atoms with Crippen molar-refractivity contribution in [2.75, 3.05) is 11.9 Å². The number of nitrogens with zero attached hydrogens (tertiary/aromatic N) is 4. The van der Waals surface area contributed by atoms with Crippen LogP contribution in [0, 0.1) is 0 Å². The minimum Gasteiger partial charge on any atom is -0.370 e. The largest absolute Gasteiger partial charge is 0.370 e. The van der Waals surface area contributed by atoms with Crippen LogP contribution in [-0.2, 0) is 0 Å². The van der Waals surface area contributed by atoms with Gasteiger partial charge in [-0.2, -0.15) is 5.10 Å².